The molecule has 0 saturated carbocycles. The first-order valence-electron chi connectivity index (χ1n) is 6.52. The summed E-state index contributed by atoms with van der Waals surface area (Å²) in [6.07, 6.45) is 7.13. The van der Waals surface area contributed by atoms with Gasteiger partial charge in [0.15, 0.2) is 0 Å². The number of aliphatic imine (C=N–C) groups is 1. The number of fused-ring (bicyclic) bond motifs is 1. The van der Waals surface area contributed by atoms with Crippen molar-refractivity contribution in [3.05, 3.63) is 60.0 Å². The molecule has 0 saturated heterocycles. The molecule has 2 heterocycles. The lowest BCUT2D eigenvalue weighted by Crippen LogP contribution is -2.27. The highest BCUT2D eigenvalue weighted by Crippen LogP contribution is 2.28. The van der Waals surface area contributed by atoms with Crippen LogP contribution in [0.2, 0.25) is 0 Å². The molecule has 2 aliphatic rings. The predicted octanol–water partition coefficient (Wildman–Crippen LogP) is 2.52. The van der Waals surface area contributed by atoms with E-state index in [-0.39, 0.29) is 5.84 Å². The number of nitrogens with zero attached hydrogens (tertiary/aromatic N) is 4. The van der Waals surface area contributed by atoms with Gasteiger partial charge in [0.25, 0.3) is 0 Å². The number of hydrogen-bond donors (Lipinski definition) is 1. The Balaban J connectivity index is 2.13. The highest BCUT2D eigenvalue weighted by Gasteiger charge is 2.30. The summed E-state index contributed by atoms with van der Waals surface area (Å²) >= 11 is 0. The lowest BCUT2D eigenvalue weighted by atomic mass is 10.0. The third-order valence-corrected chi connectivity index (χ3v) is 3.33. The van der Waals surface area contributed by atoms with Crippen LogP contribution in [0.15, 0.2) is 64.5 Å². The SMILES string of the molecule is COc1ccc(/C(C#N)=C2\N=C3C=CC=CN3\C2=N\O)cc1. The van der Waals surface area contributed by atoms with E-state index in [2.05, 4.69) is 16.2 Å². The van der Waals surface area contributed by atoms with Crippen molar-refractivity contribution in [2.75, 3.05) is 7.11 Å². The Labute approximate surface area is 127 Å². The second-order valence-electron chi connectivity index (χ2n) is 4.53. The van der Waals surface area contributed by atoms with Crippen LogP contribution in [0.4, 0.5) is 0 Å². The Morgan fingerprint density at radius 2 is 2.09 bits per heavy atom. The van der Waals surface area contributed by atoms with Crippen molar-refractivity contribution < 1.29 is 9.94 Å². The Kier molecular flexibility index (Phi) is 3.46. The summed E-state index contributed by atoms with van der Waals surface area (Å²) in [7, 11) is 1.58. The van der Waals surface area contributed by atoms with Crippen molar-refractivity contribution in [1.82, 2.24) is 4.90 Å². The van der Waals surface area contributed by atoms with E-state index in [9.17, 15) is 10.5 Å². The van der Waals surface area contributed by atoms with Gasteiger partial charge >= 0.3 is 0 Å². The summed E-state index contributed by atoms with van der Waals surface area (Å²) < 4.78 is 5.11. The summed E-state index contributed by atoms with van der Waals surface area (Å²) in [4.78, 5) is 6.01. The molecular formula is C16H12N4O2. The molecule has 1 N–H and O–H groups in total. The fraction of sp³-hybridized carbons (Fsp3) is 0.0625. The van der Waals surface area contributed by atoms with E-state index in [1.165, 1.54) is 0 Å². The molecule has 1 aromatic carbocycles. The molecule has 0 aromatic heterocycles. The fourth-order valence-corrected chi connectivity index (χ4v) is 2.26. The van der Waals surface area contributed by atoms with E-state index in [1.807, 2.05) is 6.08 Å². The molecule has 0 aliphatic carbocycles. The molecule has 2 aliphatic heterocycles. The second kappa shape index (κ2) is 5.58. The van der Waals surface area contributed by atoms with Gasteiger partial charge in [0.1, 0.15) is 23.4 Å². The van der Waals surface area contributed by atoms with Gasteiger partial charge in [0.2, 0.25) is 5.84 Å². The number of rotatable bonds is 2. The van der Waals surface area contributed by atoms with Crippen molar-refractivity contribution in [1.29, 1.82) is 5.26 Å². The van der Waals surface area contributed by atoms with Crippen LogP contribution in [-0.2, 0) is 0 Å². The van der Waals surface area contributed by atoms with Crippen LogP contribution < -0.4 is 4.74 Å². The minimum absolute atomic E-state index is 0.225. The van der Waals surface area contributed by atoms with Crippen LogP contribution in [0.3, 0.4) is 0 Å². The average Bonchev–Trinajstić information content (AvgIpc) is 2.94. The Morgan fingerprint density at radius 3 is 2.73 bits per heavy atom. The molecule has 0 amide bonds. The third kappa shape index (κ3) is 2.15. The number of benzene rings is 1. The standard InChI is InChI=1S/C16H12N4O2/c1-22-12-7-5-11(6-8-12)13(10-17)15-16(19-21)20-9-3-2-4-14(20)18-15/h2-9,21H,1H3/b15-13-,19-16+. The first-order valence-corrected chi connectivity index (χ1v) is 6.52. The van der Waals surface area contributed by atoms with Crippen LogP contribution >= 0.6 is 0 Å². The van der Waals surface area contributed by atoms with E-state index in [0.29, 0.717) is 28.4 Å². The topological polar surface area (TPSA) is 81.2 Å². The summed E-state index contributed by atoms with van der Waals surface area (Å²) in [6, 6.07) is 9.19. The van der Waals surface area contributed by atoms with E-state index >= 15 is 0 Å². The van der Waals surface area contributed by atoms with Gasteiger partial charge in [-0.1, -0.05) is 11.2 Å². The third-order valence-electron chi connectivity index (χ3n) is 3.33. The average molecular weight is 292 g/mol. The molecule has 0 bridgehead atoms. The zero-order chi connectivity index (χ0) is 15.5. The second-order valence-corrected chi connectivity index (χ2v) is 4.53. The van der Waals surface area contributed by atoms with Crippen LogP contribution in [0.5, 0.6) is 5.75 Å². The molecule has 0 spiro atoms. The highest BCUT2D eigenvalue weighted by atomic mass is 16.5. The highest BCUT2D eigenvalue weighted by molar-refractivity contribution is 6.22. The van der Waals surface area contributed by atoms with E-state index in [0.717, 1.165) is 0 Å². The number of nitriles is 1. The summed E-state index contributed by atoms with van der Waals surface area (Å²) in [5, 5.41) is 22.1. The van der Waals surface area contributed by atoms with Crippen molar-refractivity contribution in [2.45, 2.75) is 0 Å². The molecule has 22 heavy (non-hydrogen) atoms. The van der Waals surface area contributed by atoms with Crippen molar-refractivity contribution >= 4 is 17.2 Å². The maximum atomic E-state index is 9.51. The van der Waals surface area contributed by atoms with Gasteiger partial charge in [-0.15, -0.1) is 0 Å². The monoisotopic (exact) mass is 292 g/mol. The van der Waals surface area contributed by atoms with E-state index in [4.69, 9.17) is 4.74 Å². The van der Waals surface area contributed by atoms with Gasteiger partial charge in [-0.25, -0.2) is 4.99 Å². The smallest absolute Gasteiger partial charge is 0.205 e. The Bertz CT molecular complexity index is 792. The van der Waals surface area contributed by atoms with Gasteiger partial charge in [-0.05, 0) is 42.0 Å². The number of amidine groups is 2. The molecule has 108 valence electrons. The largest absolute Gasteiger partial charge is 0.497 e. The number of methoxy groups -OCH3 is 1. The van der Waals surface area contributed by atoms with Gasteiger partial charge in [0, 0.05) is 6.20 Å². The van der Waals surface area contributed by atoms with Gasteiger partial charge < -0.3 is 9.94 Å². The summed E-state index contributed by atoms with van der Waals surface area (Å²) in [6.45, 7) is 0. The number of allylic oxidation sites excluding steroid dienone is 3. The van der Waals surface area contributed by atoms with Gasteiger partial charge in [-0.3, -0.25) is 4.90 Å². The van der Waals surface area contributed by atoms with Crippen molar-refractivity contribution in [3.63, 3.8) is 0 Å². The summed E-state index contributed by atoms with van der Waals surface area (Å²) in [5.74, 6) is 1.53. The number of oxime groups is 1. The van der Waals surface area contributed by atoms with E-state index < -0.39 is 0 Å². The lowest BCUT2D eigenvalue weighted by Gasteiger charge is -2.14. The predicted molar refractivity (Wildman–Crippen MR) is 82.3 cm³/mol. The Hall–Kier alpha value is -3.33. The Morgan fingerprint density at radius 1 is 1.32 bits per heavy atom. The molecule has 0 atom stereocenters. The molecule has 0 fully saturated rings. The fourth-order valence-electron chi connectivity index (χ4n) is 2.26. The van der Waals surface area contributed by atoms with E-state index in [1.54, 1.807) is 54.6 Å². The van der Waals surface area contributed by atoms with Crippen LogP contribution in [-0.4, -0.2) is 28.9 Å². The zero-order valence-electron chi connectivity index (χ0n) is 11.8. The molecule has 1 aromatic rings. The van der Waals surface area contributed by atoms with Crippen LogP contribution in [0.25, 0.3) is 5.57 Å². The van der Waals surface area contributed by atoms with Crippen LogP contribution in [0.1, 0.15) is 5.56 Å². The zero-order valence-corrected chi connectivity index (χ0v) is 11.8. The molecule has 6 heteroatoms. The van der Waals surface area contributed by atoms with Gasteiger partial charge in [-0.2, -0.15) is 5.26 Å². The lowest BCUT2D eigenvalue weighted by molar-refractivity contribution is 0.314. The molecule has 3 rings (SSSR count). The van der Waals surface area contributed by atoms with Gasteiger partial charge in [0.05, 0.1) is 12.7 Å². The normalized spacial score (nSPS) is 19.7. The first kappa shape index (κ1) is 13.6. The summed E-state index contributed by atoms with van der Waals surface area (Å²) in [5.41, 5.74) is 1.34. The molecular weight excluding hydrogens is 280 g/mol. The molecule has 0 unspecified atom stereocenters. The molecule has 6 nitrogen and oxygen atoms in total. The van der Waals surface area contributed by atoms with Crippen LogP contribution in [0, 0.1) is 11.3 Å². The van der Waals surface area contributed by atoms with Crippen molar-refractivity contribution in [3.8, 4) is 11.8 Å². The molecule has 0 radical (unpaired) electrons. The van der Waals surface area contributed by atoms with Crippen molar-refractivity contribution in [2.24, 2.45) is 10.1 Å². The minimum Gasteiger partial charge on any atom is -0.497 e. The number of hydrogen-bond acceptors (Lipinski definition) is 5. The number of ether oxygens (including phenoxy) is 1. The quantitative estimate of drug-likeness (QED) is 0.516. The minimum atomic E-state index is 0.225. The maximum Gasteiger partial charge on any atom is 0.205 e. The first-order chi connectivity index (χ1) is 10.8. The maximum absolute atomic E-state index is 9.51.